The number of carboxylic acid groups (broad SMARTS) is 1. The fourth-order valence-electron chi connectivity index (χ4n) is 3.66. The zero-order valence-corrected chi connectivity index (χ0v) is 12.3. The topological polar surface area (TPSA) is 53.4 Å². The second-order valence-corrected chi connectivity index (χ2v) is 6.65. The molecule has 102 valence electrons. The maximum Gasteiger partial charge on any atom is 0.311 e. The zero-order valence-electron chi connectivity index (χ0n) is 10.7. The van der Waals surface area contributed by atoms with Crippen LogP contribution < -0.4 is 0 Å². The van der Waals surface area contributed by atoms with Crippen LogP contribution in [0, 0.1) is 11.3 Å². The quantitative estimate of drug-likeness (QED) is 0.928. The van der Waals surface area contributed by atoms with Gasteiger partial charge in [-0.05, 0) is 46.3 Å². The van der Waals surface area contributed by atoms with Crippen LogP contribution in [0.1, 0.15) is 24.8 Å². The lowest BCUT2D eigenvalue weighted by atomic mass is 9.81. The SMILES string of the molecule is O=C(O)[C@@]12CCC[C@H]1CN(Cc1cncc(Br)c1)C2. The van der Waals surface area contributed by atoms with Crippen molar-refractivity contribution >= 4 is 21.9 Å². The van der Waals surface area contributed by atoms with Crippen LogP contribution in [0.2, 0.25) is 0 Å². The van der Waals surface area contributed by atoms with Crippen LogP contribution >= 0.6 is 15.9 Å². The van der Waals surface area contributed by atoms with Crippen LogP contribution in [0.25, 0.3) is 0 Å². The molecule has 2 aliphatic rings. The fourth-order valence-corrected chi connectivity index (χ4v) is 4.08. The number of rotatable bonds is 3. The minimum atomic E-state index is -0.607. The molecular weight excluding hydrogens is 308 g/mol. The third kappa shape index (κ3) is 2.30. The van der Waals surface area contributed by atoms with Gasteiger partial charge in [-0.1, -0.05) is 6.42 Å². The molecule has 0 amide bonds. The lowest BCUT2D eigenvalue weighted by Gasteiger charge is -2.23. The summed E-state index contributed by atoms with van der Waals surface area (Å²) in [4.78, 5) is 18.0. The summed E-state index contributed by atoms with van der Waals surface area (Å²) in [5.41, 5.74) is 0.647. The molecule has 0 bridgehead atoms. The predicted molar refractivity (Wildman–Crippen MR) is 74.6 cm³/mol. The predicted octanol–water partition coefficient (Wildman–Crippen LogP) is 2.53. The van der Waals surface area contributed by atoms with Gasteiger partial charge in [0.15, 0.2) is 0 Å². The standard InChI is InChI=1S/C14H17BrN2O2/c15-12-4-10(5-16-6-12)7-17-8-11-2-1-3-14(11,9-17)13(18)19/h4-6,11H,1-3,7-9H2,(H,18,19)/t11-,14+/m0/s1. The Morgan fingerprint density at radius 2 is 2.42 bits per heavy atom. The van der Waals surface area contributed by atoms with E-state index in [9.17, 15) is 9.90 Å². The minimum Gasteiger partial charge on any atom is -0.481 e. The zero-order chi connectivity index (χ0) is 13.5. The molecule has 4 nitrogen and oxygen atoms in total. The summed E-state index contributed by atoms with van der Waals surface area (Å²) in [7, 11) is 0. The Morgan fingerprint density at radius 1 is 1.58 bits per heavy atom. The smallest absolute Gasteiger partial charge is 0.311 e. The molecule has 0 spiro atoms. The summed E-state index contributed by atoms with van der Waals surface area (Å²) < 4.78 is 0.970. The van der Waals surface area contributed by atoms with Crippen molar-refractivity contribution in [3.05, 3.63) is 28.5 Å². The van der Waals surface area contributed by atoms with Crippen LogP contribution in [-0.4, -0.2) is 34.0 Å². The van der Waals surface area contributed by atoms with Crippen LogP contribution in [-0.2, 0) is 11.3 Å². The highest BCUT2D eigenvalue weighted by Gasteiger charge is 2.54. The molecule has 1 aliphatic carbocycles. The van der Waals surface area contributed by atoms with Crippen molar-refractivity contribution in [1.82, 2.24) is 9.88 Å². The number of nitrogens with zero attached hydrogens (tertiary/aromatic N) is 2. The molecule has 19 heavy (non-hydrogen) atoms. The number of hydrogen-bond donors (Lipinski definition) is 1. The van der Waals surface area contributed by atoms with Crippen LogP contribution in [0.5, 0.6) is 0 Å². The molecule has 1 N–H and O–H groups in total. The van der Waals surface area contributed by atoms with Crippen molar-refractivity contribution in [2.75, 3.05) is 13.1 Å². The molecule has 0 radical (unpaired) electrons. The highest BCUT2D eigenvalue weighted by molar-refractivity contribution is 9.10. The maximum atomic E-state index is 11.6. The maximum absolute atomic E-state index is 11.6. The van der Waals surface area contributed by atoms with Gasteiger partial charge in [0.1, 0.15) is 0 Å². The first-order valence-electron chi connectivity index (χ1n) is 6.65. The Bertz CT molecular complexity index is 508. The molecule has 1 aromatic heterocycles. The number of halogens is 1. The van der Waals surface area contributed by atoms with Gasteiger partial charge >= 0.3 is 5.97 Å². The number of likely N-dealkylation sites (tertiary alicyclic amines) is 1. The Labute approximate surface area is 121 Å². The van der Waals surface area contributed by atoms with Gasteiger partial charge in [0.25, 0.3) is 0 Å². The summed E-state index contributed by atoms with van der Waals surface area (Å²) >= 11 is 3.42. The van der Waals surface area contributed by atoms with Crippen molar-refractivity contribution in [1.29, 1.82) is 0 Å². The van der Waals surface area contributed by atoms with Gasteiger partial charge in [0, 0.05) is 36.5 Å². The van der Waals surface area contributed by atoms with Gasteiger partial charge in [-0.3, -0.25) is 14.7 Å². The van der Waals surface area contributed by atoms with E-state index < -0.39 is 11.4 Å². The second kappa shape index (κ2) is 4.87. The molecule has 1 saturated heterocycles. The Morgan fingerprint density at radius 3 is 3.11 bits per heavy atom. The van der Waals surface area contributed by atoms with Crippen LogP contribution in [0.4, 0.5) is 0 Å². The number of pyridine rings is 1. The lowest BCUT2D eigenvalue weighted by molar-refractivity contribution is -0.149. The first-order valence-corrected chi connectivity index (χ1v) is 7.45. The second-order valence-electron chi connectivity index (χ2n) is 5.73. The molecule has 0 unspecified atom stereocenters. The molecule has 2 heterocycles. The van der Waals surface area contributed by atoms with Gasteiger partial charge in [0.2, 0.25) is 0 Å². The molecule has 1 aliphatic heterocycles. The van der Waals surface area contributed by atoms with E-state index in [1.165, 1.54) is 0 Å². The number of hydrogen-bond acceptors (Lipinski definition) is 3. The Balaban J connectivity index is 1.74. The van der Waals surface area contributed by atoms with Crippen molar-refractivity contribution in [2.45, 2.75) is 25.8 Å². The average molecular weight is 325 g/mol. The van der Waals surface area contributed by atoms with E-state index in [4.69, 9.17) is 0 Å². The van der Waals surface area contributed by atoms with E-state index in [0.717, 1.165) is 42.4 Å². The van der Waals surface area contributed by atoms with Gasteiger partial charge in [-0.25, -0.2) is 0 Å². The number of carboxylic acids is 1. The summed E-state index contributed by atoms with van der Waals surface area (Å²) in [5.74, 6) is -0.282. The van der Waals surface area contributed by atoms with E-state index in [-0.39, 0.29) is 0 Å². The Kier molecular flexibility index (Phi) is 3.35. The number of fused-ring (bicyclic) bond motifs is 1. The number of aromatic nitrogens is 1. The van der Waals surface area contributed by atoms with E-state index in [1.807, 2.05) is 6.20 Å². The van der Waals surface area contributed by atoms with Gasteiger partial charge in [-0.15, -0.1) is 0 Å². The molecule has 0 aromatic carbocycles. The third-order valence-electron chi connectivity index (χ3n) is 4.53. The van der Waals surface area contributed by atoms with Crippen molar-refractivity contribution in [2.24, 2.45) is 11.3 Å². The fraction of sp³-hybridized carbons (Fsp3) is 0.571. The molecule has 2 fully saturated rings. The average Bonchev–Trinajstić information content (AvgIpc) is 2.86. The lowest BCUT2D eigenvalue weighted by Crippen LogP contribution is -2.35. The largest absolute Gasteiger partial charge is 0.481 e. The molecule has 1 aromatic rings. The Hall–Kier alpha value is -0.940. The van der Waals surface area contributed by atoms with Gasteiger partial charge in [-0.2, -0.15) is 0 Å². The summed E-state index contributed by atoms with van der Waals surface area (Å²) in [5, 5.41) is 9.56. The summed E-state index contributed by atoms with van der Waals surface area (Å²) in [6, 6.07) is 2.05. The normalized spacial score (nSPS) is 30.5. The minimum absolute atomic E-state index is 0.324. The van der Waals surface area contributed by atoms with Gasteiger partial charge < -0.3 is 5.11 Å². The first kappa shape index (κ1) is 13.1. The van der Waals surface area contributed by atoms with E-state index in [2.05, 4.69) is 31.9 Å². The van der Waals surface area contributed by atoms with Crippen molar-refractivity contribution in [3.8, 4) is 0 Å². The van der Waals surface area contributed by atoms with E-state index in [1.54, 1.807) is 6.20 Å². The van der Waals surface area contributed by atoms with E-state index in [0.29, 0.717) is 12.5 Å². The molecular formula is C14H17BrN2O2. The number of carbonyl (C=O) groups is 1. The van der Waals surface area contributed by atoms with Crippen molar-refractivity contribution in [3.63, 3.8) is 0 Å². The monoisotopic (exact) mass is 324 g/mol. The first-order chi connectivity index (χ1) is 9.10. The summed E-state index contributed by atoms with van der Waals surface area (Å²) in [6.07, 6.45) is 6.57. The molecule has 5 heteroatoms. The highest BCUT2D eigenvalue weighted by Crippen LogP contribution is 2.49. The van der Waals surface area contributed by atoms with Crippen molar-refractivity contribution < 1.29 is 9.90 Å². The van der Waals surface area contributed by atoms with Crippen LogP contribution in [0.15, 0.2) is 22.9 Å². The molecule has 3 rings (SSSR count). The van der Waals surface area contributed by atoms with E-state index >= 15 is 0 Å². The van der Waals surface area contributed by atoms with Crippen LogP contribution in [0.3, 0.4) is 0 Å². The molecule has 2 atom stereocenters. The summed E-state index contributed by atoms with van der Waals surface area (Å²) in [6.45, 7) is 2.37. The number of aliphatic carboxylic acids is 1. The molecule has 1 saturated carbocycles. The van der Waals surface area contributed by atoms with Gasteiger partial charge in [0.05, 0.1) is 5.41 Å². The third-order valence-corrected chi connectivity index (χ3v) is 4.97. The highest BCUT2D eigenvalue weighted by atomic mass is 79.9.